The summed E-state index contributed by atoms with van der Waals surface area (Å²) in [6, 6.07) is 21.7. The van der Waals surface area contributed by atoms with Gasteiger partial charge in [0.25, 0.3) is 0 Å². The topological polar surface area (TPSA) is 35.5 Å². The SMILES string of the molecule is COC(=O)Cc1ccc(OCc2cccc(-c3ccc(F)cc3)c2)cc1. The standard InChI is InChI=1S/C22H19FO3/c1-25-22(24)14-16-5-11-21(12-6-16)26-15-17-3-2-4-19(13-17)18-7-9-20(23)10-8-18/h2-13H,14-15H2,1H3. The van der Waals surface area contributed by atoms with Crippen LogP contribution in [0.15, 0.2) is 72.8 Å². The number of esters is 1. The van der Waals surface area contributed by atoms with Crippen molar-refractivity contribution in [1.29, 1.82) is 0 Å². The van der Waals surface area contributed by atoms with Gasteiger partial charge in [-0.25, -0.2) is 4.39 Å². The maximum Gasteiger partial charge on any atom is 0.309 e. The van der Waals surface area contributed by atoms with E-state index in [1.54, 1.807) is 12.1 Å². The van der Waals surface area contributed by atoms with Crippen LogP contribution < -0.4 is 4.74 Å². The van der Waals surface area contributed by atoms with Crippen LogP contribution in [0.25, 0.3) is 11.1 Å². The molecule has 3 nitrogen and oxygen atoms in total. The molecule has 0 atom stereocenters. The predicted molar refractivity (Wildman–Crippen MR) is 98.3 cm³/mol. The number of carbonyl (C=O) groups excluding carboxylic acids is 1. The van der Waals surface area contributed by atoms with E-state index in [0.29, 0.717) is 6.61 Å². The zero-order chi connectivity index (χ0) is 18.4. The fraction of sp³-hybridized carbons (Fsp3) is 0.136. The number of methoxy groups -OCH3 is 1. The van der Waals surface area contributed by atoms with Crippen molar-refractivity contribution in [2.24, 2.45) is 0 Å². The highest BCUT2D eigenvalue weighted by molar-refractivity contribution is 5.72. The van der Waals surface area contributed by atoms with Crippen LogP contribution in [0.3, 0.4) is 0 Å². The van der Waals surface area contributed by atoms with Crippen LogP contribution in [0, 0.1) is 5.82 Å². The quantitative estimate of drug-likeness (QED) is 0.600. The lowest BCUT2D eigenvalue weighted by atomic mass is 10.0. The Labute approximate surface area is 152 Å². The largest absolute Gasteiger partial charge is 0.489 e. The Morgan fingerprint density at radius 1 is 0.885 bits per heavy atom. The molecule has 26 heavy (non-hydrogen) atoms. The summed E-state index contributed by atoms with van der Waals surface area (Å²) in [4.78, 5) is 11.3. The second-order valence-corrected chi connectivity index (χ2v) is 5.89. The fourth-order valence-electron chi connectivity index (χ4n) is 2.59. The third-order valence-electron chi connectivity index (χ3n) is 4.01. The van der Waals surface area contributed by atoms with E-state index in [1.165, 1.54) is 19.2 Å². The molecule has 0 saturated carbocycles. The van der Waals surface area contributed by atoms with Crippen molar-refractivity contribution in [1.82, 2.24) is 0 Å². The summed E-state index contributed by atoms with van der Waals surface area (Å²) in [6.07, 6.45) is 0.247. The number of rotatable bonds is 6. The van der Waals surface area contributed by atoms with Crippen LogP contribution in [0.4, 0.5) is 4.39 Å². The molecule has 3 aromatic rings. The fourth-order valence-corrected chi connectivity index (χ4v) is 2.59. The zero-order valence-corrected chi connectivity index (χ0v) is 14.4. The Morgan fingerprint density at radius 2 is 1.62 bits per heavy atom. The molecule has 0 aliphatic carbocycles. The molecular formula is C22H19FO3. The summed E-state index contributed by atoms with van der Waals surface area (Å²) < 4.78 is 23.5. The average molecular weight is 350 g/mol. The van der Waals surface area contributed by atoms with Gasteiger partial charge in [-0.2, -0.15) is 0 Å². The lowest BCUT2D eigenvalue weighted by Gasteiger charge is -2.09. The maximum atomic E-state index is 13.1. The van der Waals surface area contributed by atoms with Crippen molar-refractivity contribution < 1.29 is 18.7 Å². The van der Waals surface area contributed by atoms with E-state index >= 15 is 0 Å². The van der Waals surface area contributed by atoms with Crippen LogP contribution in [0.2, 0.25) is 0 Å². The molecule has 4 heteroatoms. The minimum absolute atomic E-state index is 0.246. The van der Waals surface area contributed by atoms with E-state index in [1.807, 2.05) is 48.5 Å². The molecule has 0 aromatic heterocycles. The predicted octanol–water partition coefficient (Wildman–Crippen LogP) is 4.79. The van der Waals surface area contributed by atoms with Crippen molar-refractivity contribution in [3.05, 3.63) is 89.7 Å². The third kappa shape index (κ3) is 4.70. The highest BCUT2D eigenvalue weighted by atomic mass is 19.1. The molecule has 0 unspecified atom stereocenters. The minimum Gasteiger partial charge on any atom is -0.489 e. The summed E-state index contributed by atoms with van der Waals surface area (Å²) in [6.45, 7) is 0.422. The molecule has 0 N–H and O–H groups in total. The molecule has 3 rings (SSSR count). The van der Waals surface area contributed by atoms with Gasteiger partial charge in [0, 0.05) is 0 Å². The van der Waals surface area contributed by atoms with Gasteiger partial charge in [-0.05, 0) is 52.6 Å². The smallest absolute Gasteiger partial charge is 0.309 e. The molecule has 0 aliphatic heterocycles. The lowest BCUT2D eigenvalue weighted by Crippen LogP contribution is -2.04. The monoisotopic (exact) mass is 350 g/mol. The highest BCUT2D eigenvalue weighted by Crippen LogP contribution is 2.22. The molecular weight excluding hydrogens is 331 g/mol. The number of benzene rings is 3. The highest BCUT2D eigenvalue weighted by Gasteiger charge is 2.04. The van der Waals surface area contributed by atoms with Gasteiger partial charge in [-0.1, -0.05) is 42.5 Å². The molecule has 132 valence electrons. The first kappa shape index (κ1) is 17.7. The van der Waals surface area contributed by atoms with Crippen molar-refractivity contribution in [3.63, 3.8) is 0 Å². The van der Waals surface area contributed by atoms with Crippen LogP contribution in [-0.4, -0.2) is 13.1 Å². The van der Waals surface area contributed by atoms with Gasteiger partial charge in [0.1, 0.15) is 18.2 Å². The summed E-state index contributed by atoms with van der Waals surface area (Å²) in [5.41, 5.74) is 3.87. The summed E-state index contributed by atoms with van der Waals surface area (Å²) in [5.74, 6) is 0.214. The zero-order valence-electron chi connectivity index (χ0n) is 14.4. The lowest BCUT2D eigenvalue weighted by molar-refractivity contribution is -0.139. The number of hydrogen-bond donors (Lipinski definition) is 0. The number of ether oxygens (including phenoxy) is 2. The first-order valence-electron chi connectivity index (χ1n) is 8.27. The molecule has 0 amide bonds. The van der Waals surface area contributed by atoms with Gasteiger partial charge in [0.15, 0.2) is 0 Å². The molecule has 0 fully saturated rings. The van der Waals surface area contributed by atoms with Gasteiger partial charge in [-0.15, -0.1) is 0 Å². The maximum absolute atomic E-state index is 13.1. The molecule has 0 bridgehead atoms. The normalized spacial score (nSPS) is 10.4. The number of carbonyl (C=O) groups is 1. The molecule has 0 spiro atoms. The summed E-state index contributed by atoms with van der Waals surface area (Å²) in [5, 5.41) is 0. The second kappa shape index (κ2) is 8.30. The van der Waals surface area contributed by atoms with E-state index in [-0.39, 0.29) is 18.2 Å². The number of hydrogen-bond acceptors (Lipinski definition) is 3. The van der Waals surface area contributed by atoms with Gasteiger partial charge >= 0.3 is 5.97 Å². The molecule has 0 aliphatic rings. The van der Waals surface area contributed by atoms with Crippen molar-refractivity contribution in [2.45, 2.75) is 13.0 Å². The van der Waals surface area contributed by atoms with Crippen LogP contribution in [0.1, 0.15) is 11.1 Å². The van der Waals surface area contributed by atoms with E-state index in [4.69, 9.17) is 4.74 Å². The third-order valence-corrected chi connectivity index (χ3v) is 4.01. The Kier molecular flexibility index (Phi) is 5.64. The van der Waals surface area contributed by atoms with E-state index in [0.717, 1.165) is 28.0 Å². The molecule has 0 heterocycles. The average Bonchev–Trinajstić information content (AvgIpc) is 2.68. The second-order valence-electron chi connectivity index (χ2n) is 5.89. The Hall–Kier alpha value is -3.14. The van der Waals surface area contributed by atoms with Gasteiger partial charge in [-0.3, -0.25) is 4.79 Å². The van der Waals surface area contributed by atoms with E-state index in [2.05, 4.69) is 4.74 Å². The van der Waals surface area contributed by atoms with Crippen LogP contribution in [-0.2, 0) is 22.6 Å². The number of halogens is 1. The Morgan fingerprint density at radius 3 is 2.31 bits per heavy atom. The Balaban J connectivity index is 1.63. The summed E-state index contributed by atoms with van der Waals surface area (Å²) in [7, 11) is 1.37. The van der Waals surface area contributed by atoms with E-state index in [9.17, 15) is 9.18 Å². The molecule has 3 aromatic carbocycles. The molecule has 0 saturated heterocycles. The first-order chi connectivity index (χ1) is 12.6. The molecule has 0 radical (unpaired) electrons. The van der Waals surface area contributed by atoms with Crippen molar-refractivity contribution >= 4 is 5.97 Å². The first-order valence-corrected chi connectivity index (χ1v) is 8.27. The van der Waals surface area contributed by atoms with Gasteiger partial charge in [0.05, 0.1) is 13.5 Å². The van der Waals surface area contributed by atoms with Gasteiger partial charge in [0.2, 0.25) is 0 Å². The van der Waals surface area contributed by atoms with Crippen molar-refractivity contribution in [2.75, 3.05) is 7.11 Å². The minimum atomic E-state index is -0.267. The van der Waals surface area contributed by atoms with Crippen LogP contribution >= 0.6 is 0 Å². The van der Waals surface area contributed by atoms with E-state index < -0.39 is 0 Å². The van der Waals surface area contributed by atoms with Gasteiger partial charge < -0.3 is 9.47 Å². The van der Waals surface area contributed by atoms with Crippen molar-refractivity contribution in [3.8, 4) is 16.9 Å². The van der Waals surface area contributed by atoms with Crippen LogP contribution in [0.5, 0.6) is 5.75 Å². The Bertz CT molecular complexity index is 871. The summed E-state index contributed by atoms with van der Waals surface area (Å²) >= 11 is 0.